The maximum atomic E-state index is 12.4. The van der Waals surface area contributed by atoms with Crippen molar-refractivity contribution in [3.8, 4) is 0 Å². The van der Waals surface area contributed by atoms with Crippen molar-refractivity contribution in [2.45, 2.75) is 264 Å². The van der Waals surface area contributed by atoms with Crippen molar-refractivity contribution in [3.05, 3.63) is 36.5 Å². The summed E-state index contributed by atoms with van der Waals surface area (Å²) in [5, 5.41) is 23.0. The van der Waals surface area contributed by atoms with E-state index in [-0.39, 0.29) is 18.5 Å². The highest BCUT2D eigenvalue weighted by atomic mass is 16.5. The Labute approximate surface area is 353 Å². The molecule has 0 spiro atoms. The van der Waals surface area contributed by atoms with Crippen LogP contribution in [-0.2, 0) is 14.3 Å². The van der Waals surface area contributed by atoms with Gasteiger partial charge in [0.15, 0.2) is 0 Å². The van der Waals surface area contributed by atoms with E-state index in [2.05, 4.69) is 43.5 Å². The fourth-order valence-electron chi connectivity index (χ4n) is 7.28. The summed E-state index contributed by atoms with van der Waals surface area (Å²) in [6.07, 6.45) is 55.7. The van der Waals surface area contributed by atoms with Gasteiger partial charge in [-0.25, -0.2) is 0 Å². The molecule has 3 N–H and O–H groups in total. The summed E-state index contributed by atoms with van der Waals surface area (Å²) < 4.78 is 5.43. The van der Waals surface area contributed by atoms with Gasteiger partial charge in [0.05, 0.1) is 25.4 Å². The molecule has 57 heavy (non-hydrogen) atoms. The molecule has 0 aliphatic carbocycles. The number of aliphatic hydroxyl groups is 2. The van der Waals surface area contributed by atoms with E-state index in [1.54, 1.807) is 6.08 Å². The van der Waals surface area contributed by atoms with Gasteiger partial charge < -0.3 is 20.3 Å². The summed E-state index contributed by atoms with van der Waals surface area (Å²) in [7, 11) is 0. The van der Waals surface area contributed by atoms with Crippen LogP contribution in [0, 0.1) is 0 Å². The summed E-state index contributed by atoms with van der Waals surface area (Å²) in [6, 6.07) is -0.665. The van der Waals surface area contributed by atoms with Crippen molar-refractivity contribution in [1.82, 2.24) is 5.32 Å². The van der Waals surface area contributed by atoms with Crippen LogP contribution in [0.5, 0.6) is 0 Å². The summed E-state index contributed by atoms with van der Waals surface area (Å²) in [4.78, 5) is 24.4. The highest BCUT2D eigenvalue weighted by Crippen LogP contribution is 2.14. The van der Waals surface area contributed by atoms with Gasteiger partial charge >= 0.3 is 5.97 Å². The maximum Gasteiger partial charge on any atom is 0.305 e. The molecule has 0 heterocycles. The Kier molecular flexibility index (Phi) is 45.2. The van der Waals surface area contributed by atoms with Gasteiger partial charge in [-0.2, -0.15) is 0 Å². The summed E-state index contributed by atoms with van der Waals surface area (Å²) in [6.45, 7) is 4.79. The first-order valence-corrected chi connectivity index (χ1v) is 24.8. The van der Waals surface area contributed by atoms with Crippen LogP contribution in [0.1, 0.15) is 251 Å². The molecule has 0 aliphatic rings. The molecule has 6 nitrogen and oxygen atoms in total. The zero-order chi connectivity index (χ0) is 41.5. The van der Waals surface area contributed by atoms with Crippen LogP contribution in [0.3, 0.4) is 0 Å². The molecular formula is C51H95NO5. The fraction of sp³-hybridized carbons (Fsp3) is 0.843. The van der Waals surface area contributed by atoms with Gasteiger partial charge in [0, 0.05) is 12.8 Å². The van der Waals surface area contributed by atoms with E-state index < -0.39 is 12.1 Å². The molecule has 0 saturated heterocycles. The molecule has 0 aromatic rings. The van der Waals surface area contributed by atoms with Gasteiger partial charge in [0.1, 0.15) is 0 Å². The topological polar surface area (TPSA) is 95.9 Å². The minimum atomic E-state index is -0.875. The molecule has 2 atom stereocenters. The first-order valence-electron chi connectivity index (χ1n) is 24.8. The minimum absolute atomic E-state index is 0.0461. The third kappa shape index (κ3) is 43.5. The van der Waals surface area contributed by atoms with E-state index in [0.717, 1.165) is 70.6 Å². The summed E-state index contributed by atoms with van der Waals surface area (Å²) in [5.74, 6) is -0.176. The highest BCUT2D eigenvalue weighted by Gasteiger charge is 2.17. The number of nitrogens with one attached hydrogen (secondary N) is 1. The number of carbonyl (C=O) groups excluding carboxylic acids is 2. The van der Waals surface area contributed by atoms with Gasteiger partial charge in [-0.15, -0.1) is 0 Å². The SMILES string of the molecule is CCCCCCCCC/C=C\CCCCCCCC(=O)OCCCCCC/C=C\CCCC(=O)NC(CO)C(O)/C=C/CCCCCCCCCCCCCCC. The Morgan fingerprint density at radius 2 is 0.842 bits per heavy atom. The Morgan fingerprint density at radius 1 is 0.474 bits per heavy atom. The number of ether oxygens (including phenoxy) is 1. The number of esters is 1. The molecule has 0 aliphatic heterocycles. The van der Waals surface area contributed by atoms with Crippen molar-refractivity contribution in [1.29, 1.82) is 0 Å². The Bertz CT molecular complexity index is 931. The second kappa shape index (κ2) is 46.8. The summed E-state index contributed by atoms with van der Waals surface area (Å²) in [5.41, 5.74) is 0. The van der Waals surface area contributed by atoms with Gasteiger partial charge in [0.25, 0.3) is 0 Å². The molecule has 0 rings (SSSR count). The Morgan fingerprint density at radius 3 is 1.28 bits per heavy atom. The lowest BCUT2D eigenvalue weighted by Gasteiger charge is -2.19. The smallest absolute Gasteiger partial charge is 0.305 e. The van der Waals surface area contributed by atoms with E-state index in [9.17, 15) is 19.8 Å². The Balaban J connectivity index is 3.59. The lowest BCUT2D eigenvalue weighted by atomic mass is 10.0. The fourth-order valence-corrected chi connectivity index (χ4v) is 7.28. The lowest BCUT2D eigenvalue weighted by molar-refractivity contribution is -0.143. The molecule has 1 amide bonds. The summed E-state index contributed by atoms with van der Waals surface area (Å²) >= 11 is 0. The van der Waals surface area contributed by atoms with Gasteiger partial charge in [-0.3, -0.25) is 9.59 Å². The molecule has 0 saturated carbocycles. The molecule has 0 bridgehead atoms. The van der Waals surface area contributed by atoms with E-state index in [1.165, 1.54) is 154 Å². The van der Waals surface area contributed by atoms with Crippen LogP contribution in [0.25, 0.3) is 0 Å². The second-order valence-corrected chi connectivity index (χ2v) is 16.8. The van der Waals surface area contributed by atoms with E-state index >= 15 is 0 Å². The first-order chi connectivity index (χ1) is 28.0. The van der Waals surface area contributed by atoms with Crippen molar-refractivity contribution < 1.29 is 24.5 Å². The van der Waals surface area contributed by atoms with Gasteiger partial charge in [-0.1, -0.05) is 198 Å². The number of hydrogen-bond donors (Lipinski definition) is 3. The van der Waals surface area contributed by atoms with Crippen LogP contribution in [0.4, 0.5) is 0 Å². The third-order valence-electron chi connectivity index (χ3n) is 11.1. The second-order valence-electron chi connectivity index (χ2n) is 16.8. The van der Waals surface area contributed by atoms with Crippen LogP contribution >= 0.6 is 0 Å². The maximum absolute atomic E-state index is 12.4. The quantitative estimate of drug-likeness (QED) is 0.0324. The number of aliphatic hydroxyl groups excluding tert-OH is 2. The molecule has 0 aromatic carbocycles. The van der Waals surface area contributed by atoms with Crippen molar-refractivity contribution >= 4 is 11.9 Å². The number of rotatable bonds is 45. The number of amides is 1. The average Bonchev–Trinajstić information content (AvgIpc) is 3.21. The lowest BCUT2D eigenvalue weighted by Crippen LogP contribution is -2.45. The van der Waals surface area contributed by atoms with Gasteiger partial charge in [0.2, 0.25) is 5.91 Å². The standard InChI is InChI=1S/C51H95NO5/c1-3-5-7-9-11-13-15-17-19-21-23-25-29-33-37-41-45-51(56)57-46-42-38-34-30-26-28-32-36-40-44-50(55)52-48(47-53)49(54)43-39-35-31-27-24-22-20-18-16-14-12-10-8-6-4-2/h19,21,28,32,39,43,48-49,53-54H,3-18,20,22-27,29-31,33-38,40-42,44-47H2,1-2H3,(H,52,55)/b21-19-,32-28-,43-39+. The zero-order valence-corrected chi connectivity index (χ0v) is 37.8. The first kappa shape index (κ1) is 55.1. The predicted octanol–water partition coefficient (Wildman–Crippen LogP) is 14.5. The van der Waals surface area contributed by atoms with Gasteiger partial charge in [-0.05, 0) is 77.0 Å². The number of unbranched alkanes of at least 4 members (excludes halogenated alkanes) is 30. The monoisotopic (exact) mass is 802 g/mol. The molecular weight excluding hydrogens is 707 g/mol. The molecule has 2 unspecified atom stereocenters. The third-order valence-corrected chi connectivity index (χ3v) is 11.1. The van der Waals surface area contributed by atoms with E-state index in [1.807, 2.05) is 6.08 Å². The number of allylic oxidation sites excluding steroid dienone is 5. The van der Waals surface area contributed by atoms with E-state index in [0.29, 0.717) is 19.4 Å². The molecule has 334 valence electrons. The van der Waals surface area contributed by atoms with Crippen molar-refractivity contribution in [2.24, 2.45) is 0 Å². The van der Waals surface area contributed by atoms with Crippen LogP contribution in [0.15, 0.2) is 36.5 Å². The zero-order valence-electron chi connectivity index (χ0n) is 37.8. The Hall–Kier alpha value is -1.92. The van der Waals surface area contributed by atoms with Crippen LogP contribution in [-0.4, -0.2) is 47.4 Å². The average molecular weight is 802 g/mol. The molecule has 0 fully saturated rings. The van der Waals surface area contributed by atoms with Crippen LogP contribution < -0.4 is 5.32 Å². The van der Waals surface area contributed by atoms with Crippen LogP contribution in [0.2, 0.25) is 0 Å². The van der Waals surface area contributed by atoms with Crippen molar-refractivity contribution in [3.63, 3.8) is 0 Å². The van der Waals surface area contributed by atoms with E-state index in [4.69, 9.17) is 4.74 Å². The van der Waals surface area contributed by atoms with Crippen molar-refractivity contribution in [2.75, 3.05) is 13.2 Å². The molecule has 0 aromatic heterocycles. The minimum Gasteiger partial charge on any atom is -0.466 e. The normalized spacial score (nSPS) is 13.0. The highest BCUT2D eigenvalue weighted by molar-refractivity contribution is 5.76. The predicted molar refractivity (Wildman–Crippen MR) is 246 cm³/mol. The number of carbonyl (C=O) groups is 2. The number of hydrogen-bond acceptors (Lipinski definition) is 5. The molecule has 0 radical (unpaired) electrons. The largest absolute Gasteiger partial charge is 0.466 e. The molecule has 6 heteroatoms.